The van der Waals surface area contributed by atoms with Crippen LogP contribution in [-0.2, 0) is 30.9 Å². The molecule has 0 atom stereocenters. The Kier molecular flexibility index (Phi) is 7.27. The minimum atomic E-state index is -3.80. The Morgan fingerprint density at radius 1 is 1.07 bits per heavy atom. The lowest BCUT2D eigenvalue weighted by molar-refractivity contribution is -0.124. The van der Waals surface area contributed by atoms with Crippen molar-refractivity contribution in [2.75, 3.05) is 20.8 Å². The van der Waals surface area contributed by atoms with Crippen molar-refractivity contribution >= 4 is 21.9 Å². The number of nitrogens with one attached hydrogen (secondary N) is 1. The van der Waals surface area contributed by atoms with Crippen LogP contribution in [0.25, 0.3) is 0 Å². The monoisotopic (exact) mass is 406 g/mol. The van der Waals surface area contributed by atoms with E-state index in [0.29, 0.717) is 11.0 Å². The topological polar surface area (TPSA) is 102 Å². The summed E-state index contributed by atoms with van der Waals surface area (Å²) >= 11 is 0. The molecule has 150 valence electrons. The first-order valence-corrected chi connectivity index (χ1v) is 9.81. The Balaban J connectivity index is 1.89. The van der Waals surface area contributed by atoms with Crippen molar-refractivity contribution in [3.63, 3.8) is 0 Å². The van der Waals surface area contributed by atoms with Gasteiger partial charge in [0, 0.05) is 13.6 Å². The van der Waals surface area contributed by atoms with Gasteiger partial charge in [0.05, 0.1) is 17.6 Å². The van der Waals surface area contributed by atoms with E-state index < -0.39 is 28.5 Å². The molecule has 0 heterocycles. The number of hydrogen-bond donors (Lipinski definition) is 1. The second-order valence-electron chi connectivity index (χ2n) is 5.90. The fraction of sp³-hybridized carbons (Fsp3) is 0.263. The van der Waals surface area contributed by atoms with E-state index in [9.17, 15) is 18.0 Å². The summed E-state index contributed by atoms with van der Waals surface area (Å²) in [6, 6.07) is 12.8. The van der Waals surface area contributed by atoms with Gasteiger partial charge in [-0.15, -0.1) is 0 Å². The fourth-order valence-corrected chi connectivity index (χ4v) is 3.25. The Morgan fingerprint density at radius 3 is 2.32 bits per heavy atom. The quantitative estimate of drug-likeness (QED) is 0.528. The third-order valence-electron chi connectivity index (χ3n) is 4.06. The van der Waals surface area contributed by atoms with E-state index in [2.05, 4.69) is 10.2 Å². The summed E-state index contributed by atoms with van der Waals surface area (Å²) in [5.74, 6) is -1.16. The summed E-state index contributed by atoms with van der Waals surface area (Å²) in [5.41, 5.74) is 2.15. The molecule has 2 rings (SSSR count). The minimum absolute atomic E-state index is 0.0376. The molecule has 0 aliphatic carbocycles. The van der Waals surface area contributed by atoms with E-state index >= 15 is 0 Å². The number of ether oxygens (including phenoxy) is 1. The van der Waals surface area contributed by atoms with Crippen LogP contribution < -0.4 is 5.32 Å². The van der Waals surface area contributed by atoms with Crippen LogP contribution in [-0.4, -0.2) is 45.5 Å². The maximum Gasteiger partial charge on any atom is 0.338 e. The van der Waals surface area contributed by atoms with Gasteiger partial charge in [0.15, 0.2) is 6.61 Å². The molecule has 0 unspecified atom stereocenters. The van der Waals surface area contributed by atoms with E-state index in [4.69, 9.17) is 4.74 Å². The van der Waals surface area contributed by atoms with Gasteiger partial charge >= 0.3 is 5.97 Å². The van der Waals surface area contributed by atoms with Gasteiger partial charge in [0.25, 0.3) is 15.9 Å². The van der Waals surface area contributed by atoms with Gasteiger partial charge < -0.3 is 10.1 Å². The van der Waals surface area contributed by atoms with Crippen molar-refractivity contribution in [3.8, 4) is 0 Å². The average Bonchev–Trinajstić information content (AvgIpc) is 2.70. The normalized spacial score (nSPS) is 11.3. The number of hydroxylamine groups is 1. The molecule has 0 aliphatic rings. The summed E-state index contributed by atoms with van der Waals surface area (Å²) in [6.45, 7) is 1.84. The van der Waals surface area contributed by atoms with Crippen molar-refractivity contribution in [1.82, 2.24) is 9.79 Å². The molecule has 0 saturated carbocycles. The second-order valence-corrected chi connectivity index (χ2v) is 7.84. The van der Waals surface area contributed by atoms with Gasteiger partial charge in [-0.3, -0.25) is 9.63 Å². The zero-order valence-corrected chi connectivity index (χ0v) is 16.7. The summed E-state index contributed by atoms with van der Waals surface area (Å²) in [5, 5.41) is 2.68. The zero-order valence-electron chi connectivity index (χ0n) is 15.8. The highest BCUT2D eigenvalue weighted by Crippen LogP contribution is 2.15. The second kappa shape index (κ2) is 9.45. The molecular formula is C19H22N2O6S. The first-order chi connectivity index (χ1) is 13.3. The highest BCUT2D eigenvalue weighted by molar-refractivity contribution is 7.89. The number of benzene rings is 2. The van der Waals surface area contributed by atoms with Gasteiger partial charge in [-0.25, -0.2) is 13.2 Å². The highest BCUT2D eigenvalue weighted by atomic mass is 32.2. The van der Waals surface area contributed by atoms with Crippen molar-refractivity contribution in [1.29, 1.82) is 0 Å². The third-order valence-corrected chi connectivity index (χ3v) is 5.75. The number of esters is 1. The first-order valence-electron chi connectivity index (χ1n) is 8.37. The maximum absolute atomic E-state index is 12.1. The summed E-state index contributed by atoms with van der Waals surface area (Å²) < 4.78 is 29.9. The van der Waals surface area contributed by atoms with Crippen molar-refractivity contribution in [2.45, 2.75) is 18.4 Å². The summed E-state index contributed by atoms with van der Waals surface area (Å²) in [4.78, 5) is 28.6. The Morgan fingerprint density at radius 2 is 1.71 bits per heavy atom. The molecule has 1 N–H and O–H groups in total. The van der Waals surface area contributed by atoms with Crippen LogP contribution in [0.1, 0.15) is 21.5 Å². The van der Waals surface area contributed by atoms with Gasteiger partial charge in [-0.2, -0.15) is 0 Å². The standard InChI is InChI=1S/C19H22N2O6S/c1-14-6-4-5-7-16(14)12-20-18(22)13-27-19(23)15-8-10-17(11-9-15)28(24,25)21(2)26-3/h4-11H,12-13H2,1-3H3,(H,20,22). The molecule has 0 radical (unpaired) electrons. The van der Waals surface area contributed by atoms with Crippen LogP contribution >= 0.6 is 0 Å². The number of hydrogen-bond acceptors (Lipinski definition) is 6. The van der Waals surface area contributed by atoms with Crippen LogP contribution in [0, 0.1) is 6.92 Å². The molecule has 2 aromatic rings. The number of amides is 1. The molecule has 0 bridgehead atoms. The maximum atomic E-state index is 12.1. The van der Waals surface area contributed by atoms with Crippen LogP contribution in [0.5, 0.6) is 0 Å². The lowest BCUT2D eigenvalue weighted by Gasteiger charge is -2.14. The molecule has 0 aliphatic heterocycles. The van der Waals surface area contributed by atoms with Crippen molar-refractivity contribution in [2.24, 2.45) is 0 Å². The van der Waals surface area contributed by atoms with Crippen LogP contribution in [0.15, 0.2) is 53.4 Å². The van der Waals surface area contributed by atoms with E-state index in [1.54, 1.807) is 0 Å². The first kappa shape index (κ1) is 21.5. The average molecular weight is 406 g/mol. The molecule has 28 heavy (non-hydrogen) atoms. The highest BCUT2D eigenvalue weighted by Gasteiger charge is 2.21. The molecule has 1 amide bonds. The molecular weight excluding hydrogens is 384 g/mol. The molecule has 9 heteroatoms. The zero-order chi connectivity index (χ0) is 20.7. The van der Waals surface area contributed by atoms with E-state index in [-0.39, 0.29) is 10.5 Å². The number of rotatable bonds is 8. The minimum Gasteiger partial charge on any atom is -0.452 e. The largest absolute Gasteiger partial charge is 0.452 e. The molecule has 0 aromatic heterocycles. The van der Waals surface area contributed by atoms with Crippen LogP contribution in [0.4, 0.5) is 0 Å². The molecule has 8 nitrogen and oxygen atoms in total. The third kappa shape index (κ3) is 5.38. The van der Waals surface area contributed by atoms with E-state index in [1.807, 2.05) is 31.2 Å². The van der Waals surface area contributed by atoms with Crippen LogP contribution in [0.2, 0.25) is 0 Å². The summed E-state index contributed by atoms with van der Waals surface area (Å²) in [7, 11) is -1.31. The lowest BCUT2D eigenvalue weighted by Crippen LogP contribution is -2.28. The summed E-state index contributed by atoms with van der Waals surface area (Å²) in [6.07, 6.45) is 0. The van der Waals surface area contributed by atoms with Gasteiger partial charge in [-0.05, 0) is 42.3 Å². The lowest BCUT2D eigenvalue weighted by atomic mass is 10.1. The van der Waals surface area contributed by atoms with Gasteiger partial charge in [-0.1, -0.05) is 28.7 Å². The smallest absolute Gasteiger partial charge is 0.338 e. The Bertz CT molecular complexity index is 941. The number of carbonyl (C=O) groups excluding carboxylic acids is 2. The predicted octanol–water partition coefficient (Wildman–Crippen LogP) is 1.65. The molecule has 0 spiro atoms. The van der Waals surface area contributed by atoms with E-state index in [1.165, 1.54) is 38.4 Å². The van der Waals surface area contributed by atoms with Crippen LogP contribution in [0.3, 0.4) is 0 Å². The number of nitrogens with zero attached hydrogens (tertiary/aromatic N) is 1. The van der Waals surface area contributed by atoms with E-state index in [0.717, 1.165) is 11.1 Å². The molecule has 2 aromatic carbocycles. The number of aryl methyl sites for hydroxylation is 1. The molecule has 0 fully saturated rings. The molecule has 0 saturated heterocycles. The van der Waals surface area contributed by atoms with Crippen molar-refractivity contribution in [3.05, 3.63) is 65.2 Å². The van der Waals surface area contributed by atoms with Crippen molar-refractivity contribution < 1.29 is 27.6 Å². The number of carbonyl (C=O) groups is 2. The predicted molar refractivity (Wildman–Crippen MR) is 102 cm³/mol. The number of sulfonamides is 1. The Labute approximate surface area is 164 Å². The SMILES string of the molecule is CON(C)S(=O)(=O)c1ccc(C(=O)OCC(=O)NCc2ccccc2C)cc1. The van der Waals surface area contributed by atoms with Gasteiger partial charge in [0.2, 0.25) is 0 Å². The van der Waals surface area contributed by atoms with Gasteiger partial charge in [0.1, 0.15) is 0 Å². The fourth-order valence-electron chi connectivity index (χ4n) is 2.28. The Hall–Kier alpha value is -2.75.